The minimum Gasteiger partial charge on any atom is -0.309 e. The van der Waals surface area contributed by atoms with Crippen molar-refractivity contribution >= 4 is 21.4 Å². The molecule has 1 aromatic heterocycles. The molecular formula is C15H26N2O2S2. The molecule has 0 amide bonds. The molecule has 1 saturated carbocycles. The van der Waals surface area contributed by atoms with Crippen molar-refractivity contribution in [1.29, 1.82) is 0 Å². The SMILES string of the molecule is CCC(C)C(C)NS(=O)(=O)c1cc(C)c(CNC2CC2)s1. The normalized spacial score (nSPS) is 18.7. The summed E-state index contributed by atoms with van der Waals surface area (Å²) in [5.74, 6) is 0.330. The smallest absolute Gasteiger partial charge is 0.250 e. The minimum atomic E-state index is -3.40. The Bertz CT molecular complexity index is 576. The molecule has 0 aromatic carbocycles. The number of sulfonamides is 1. The van der Waals surface area contributed by atoms with Crippen LogP contribution >= 0.6 is 11.3 Å². The zero-order valence-electron chi connectivity index (χ0n) is 13.3. The zero-order valence-corrected chi connectivity index (χ0v) is 14.9. The third kappa shape index (κ3) is 4.52. The van der Waals surface area contributed by atoms with Gasteiger partial charge in [-0.15, -0.1) is 11.3 Å². The van der Waals surface area contributed by atoms with Crippen molar-refractivity contribution in [2.24, 2.45) is 5.92 Å². The number of thiophene rings is 1. The molecule has 2 unspecified atom stereocenters. The van der Waals surface area contributed by atoms with Crippen LogP contribution in [0.15, 0.2) is 10.3 Å². The molecule has 1 heterocycles. The molecular weight excluding hydrogens is 304 g/mol. The van der Waals surface area contributed by atoms with E-state index in [2.05, 4.69) is 23.9 Å². The predicted octanol–water partition coefficient (Wildman–Crippen LogP) is 3.02. The Balaban J connectivity index is 2.06. The fraction of sp³-hybridized carbons (Fsp3) is 0.733. The highest BCUT2D eigenvalue weighted by Gasteiger charge is 2.24. The van der Waals surface area contributed by atoms with Crippen LogP contribution in [0, 0.1) is 12.8 Å². The Labute approximate surface area is 132 Å². The lowest BCUT2D eigenvalue weighted by Gasteiger charge is -2.19. The zero-order chi connectivity index (χ0) is 15.6. The molecule has 4 nitrogen and oxygen atoms in total. The molecule has 0 spiro atoms. The summed E-state index contributed by atoms with van der Waals surface area (Å²) in [5.41, 5.74) is 1.06. The van der Waals surface area contributed by atoms with Gasteiger partial charge in [0.25, 0.3) is 0 Å². The van der Waals surface area contributed by atoms with Crippen molar-refractivity contribution in [1.82, 2.24) is 10.0 Å². The van der Waals surface area contributed by atoms with E-state index in [0.717, 1.165) is 23.4 Å². The topological polar surface area (TPSA) is 58.2 Å². The molecule has 2 atom stereocenters. The number of nitrogens with one attached hydrogen (secondary N) is 2. The lowest BCUT2D eigenvalue weighted by molar-refractivity contribution is 0.434. The van der Waals surface area contributed by atoms with E-state index < -0.39 is 10.0 Å². The lowest BCUT2D eigenvalue weighted by atomic mass is 10.0. The molecule has 1 aliphatic carbocycles. The van der Waals surface area contributed by atoms with Crippen molar-refractivity contribution in [3.8, 4) is 0 Å². The van der Waals surface area contributed by atoms with E-state index in [1.54, 1.807) is 6.07 Å². The van der Waals surface area contributed by atoms with Gasteiger partial charge in [-0.2, -0.15) is 0 Å². The number of hydrogen-bond acceptors (Lipinski definition) is 4. The van der Waals surface area contributed by atoms with Crippen molar-refractivity contribution in [3.05, 3.63) is 16.5 Å². The van der Waals surface area contributed by atoms with E-state index in [1.165, 1.54) is 24.2 Å². The maximum atomic E-state index is 12.5. The van der Waals surface area contributed by atoms with Crippen LogP contribution in [0.2, 0.25) is 0 Å². The van der Waals surface area contributed by atoms with Gasteiger partial charge in [0.15, 0.2) is 0 Å². The summed E-state index contributed by atoms with van der Waals surface area (Å²) in [4.78, 5) is 1.12. The first-order chi connectivity index (χ1) is 9.83. The summed E-state index contributed by atoms with van der Waals surface area (Å²) in [5, 5.41) is 3.44. The fourth-order valence-electron chi connectivity index (χ4n) is 2.09. The molecule has 0 aliphatic heterocycles. The summed E-state index contributed by atoms with van der Waals surface area (Å²) < 4.78 is 28.2. The van der Waals surface area contributed by atoms with E-state index in [4.69, 9.17) is 0 Å². The van der Waals surface area contributed by atoms with Gasteiger partial charge < -0.3 is 5.32 Å². The van der Waals surface area contributed by atoms with Crippen LogP contribution in [-0.2, 0) is 16.6 Å². The first kappa shape index (κ1) is 16.9. The summed E-state index contributed by atoms with van der Waals surface area (Å²) in [7, 11) is -3.40. The van der Waals surface area contributed by atoms with E-state index in [1.807, 2.05) is 13.8 Å². The van der Waals surface area contributed by atoms with Crippen molar-refractivity contribution < 1.29 is 8.42 Å². The van der Waals surface area contributed by atoms with Gasteiger partial charge in [0.2, 0.25) is 10.0 Å². The number of aryl methyl sites for hydroxylation is 1. The quantitative estimate of drug-likeness (QED) is 0.770. The van der Waals surface area contributed by atoms with Crippen molar-refractivity contribution in [2.75, 3.05) is 0 Å². The second-order valence-corrected chi connectivity index (χ2v) is 9.20. The highest BCUT2D eigenvalue weighted by molar-refractivity contribution is 7.91. The molecule has 1 aliphatic rings. The van der Waals surface area contributed by atoms with Crippen LogP contribution in [0.5, 0.6) is 0 Å². The summed E-state index contributed by atoms with van der Waals surface area (Å²) >= 11 is 1.38. The summed E-state index contributed by atoms with van der Waals surface area (Å²) in [6.07, 6.45) is 3.44. The van der Waals surface area contributed by atoms with Crippen LogP contribution in [0.3, 0.4) is 0 Å². The Morgan fingerprint density at radius 3 is 2.62 bits per heavy atom. The van der Waals surface area contributed by atoms with Gasteiger partial charge in [-0.25, -0.2) is 13.1 Å². The third-order valence-corrected chi connectivity index (χ3v) is 7.50. The maximum absolute atomic E-state index is 12.5. The second-order valence-electron chi connectivity index (χ2n) is 6.12. The van der Waals surface area contributed by atoms with E-state index in [9.17, 15) is 8.42 Å². The van der Waals surface area contributed by atoms with Gasteiger partial charge in [-0.3, -0.25) is 0 Å². The highest BCUT2D eigenvalue weighted by Crippen LogP contribution is 2.28. The van der Waals surface area contributed by atoms with Crippen LogP contribution in [0.1, 0.15) is 50.5 Å². The van der Waals surface area contributed by atoms with Crippen LogP contribution < -0.4 is 10.0 Å². The molecule has 2 rings (SSSR count). The average Bonchev–Trinajstić information content (AvgIpc) is 3.17. The van der Waals surface area contributed by atoms with Crippen LogP contribution in [-0.4, -0.2) is 20.5 Å². The van der Waals surface area contributed by atoms with Gasteiger partial charge >= 0.3 is 0 Å². The summed E-state index contributed by atoms with van der Waals surface area (Å²) in [6.45, 7) is 8.83. The molecule has 1 aromatic rings. The Morgan fingerprint density at radius 1 is 1.38 bits per heavy atom. The average molecular weight is 331 g/mol. The number of hydrogen-bond donors (Lipinski definition) is 2. The largest absolute Gasteiger partial charge is 0.309 e. The fourth-order valence-corrected chi connectivity index (χ4v) is 5.00. The number of rotatable bonds is 8. The van der Waals surface area contributed by atoms with Crippen molar-refractivity contribution in [2.45, 2.75) is 69.8 Å². The van der Waals surface area contributed by atoms with Gasteiger partial charge in [0.1, 0.15) is 4.21 Å². The Morgan fingerprint density at radius 2 is 2.05 bits per heavy atom. The monoisotopic (exact) mass is 330 g/mol. The van der Waals surface area contributed by atoms with Crippen LogP contribution in [0.25, 0.3) is 0 Å². The third-order valence-electron chi connectivity index (χ3n) is 4.23. The van der Waals surface area contributed by atoms with Crippen LogP contribution in [0.4, 0.5) is 0 Å². The first-order valence-electron chi connectivity index (χ1n) is 7.68. The molecule has 21 heavy (non-hydrogen) atoms. The maximum Gasteiger partial charge on any atom is 0.250 e. The van der Waals surface area contributed by atoms with Gasteiger partial charge in [-0.05, 0) is 44.2 Å². The van der Waals surface area contributed by atoms with Gasteiger partial charge in [0.05, 0.1) is 0 Å². The van der Waals surface area contributed by atoms with Gasteiger partial charge in [-0.1, -0.05) is 20.3 Å². The Kier molecular flexibility index (Phi) is 5.46. The predicted molar refractivity (Wildman–Crippen MR) is 88.2 cm³/mol. The lowest BCUT2D eigenvalue weighted by Crippen LogP contribution is -2.36. The minimum absolute atomic E-state index is 0.0459. The molecule has 6 heteroatoms. The van der Waals surface area contributed by atoms with Crippen molar-refractivity contribution in [3.63, 3.8) is 0 Å². The summed E-state index contributed by atoms with van der Waals surface area (Å²) in [6, 6.07) is 2.38. The molecule has 2 N–H and O–H groups in total. The molecule has 0 saturated heterocycles. The van der Waals surface area contributed by atoms with E-state index in [0.29, 0.717) is 16.2 Å². The molecule has 0 bridgehead atoms. The molecule has 0 radical (unpaired) electrons. The van der Waals surface area contributed by atoms with E-state index in [-0.39, 0.29) is 6.04 Å². The standard InChI is InChI=1S/C15H26N2O2S2/c1-5-10(2)12(4)17-21(18,19)15-8-11(3)14(20-15)9-16-13-6-7-13/h8,10,12-13,16-17H,5-7,9H2,1-4H3. The second kappa shape index (κ2) is 6.77. The first-order valence-corrected chi connectivity index (χ1v) is 9.98. The highest BCUT2D eigenvalue weighted by atomic mass is 32.2. The molecule has 120 valence electrons. The Hall–Kier alpha value is -0.430. The van der Waals surface area contributed by atoms with E-state index >= 15 is 0 Å². The van der Waals surface area contributed by atoms with Gasteiger partial charge in [0, 0.05) is 23.5 Å². The molecule has 1 fully saturated rings.